The smallest absolute Gasteiger partial charge is 0.241 e. The summed E-state index contributed by atoms with van der Waals surface area (Å²) >= 11 is 5.87. The number of rotatable bonds is 6. The highest BCUT2D eigenvalue weighted by molar-refractivity contribution is 6.30. The summed E-state index contributed by atoms with van der Waals surface area (Å²) in [6, 6.07) is 6.98. The molecule has 0 aliphatic carbocycles. The number of carbonyl (C=O) groups is 3. The summed E-state index contributed by atoms with van der Waals surface area (Å²) in [5.41, 5.74) is 5.35. The van der Waals surface area contributed by atoms with Crippen LogP contribution in [0.5, 0.6) is 5.75 Å². The number of benzene rings is 1. The van der Waals surface area contributed by atoms with E-state index in [2.05, 4.69) is 5.32 Å². The van der Waals surface area contributed by atoms with Gasteiger partial charge in [-0.25, -0.2) is 0 Å². The number of hydrogen-bond donors (Lipinski definition) is 2. The van der Waals surface area contributed by atoms with Crippen LogP contribution in [-0.2, 0) is 14.4 Å². The van der Waals surface area contributed by atoms with Gasteiger partial charge in [-0.1, -0.05) is 11.6 Å². The zero-order chi connectivity index (χ0) is 18.4. The van der Waals surface area contributed by atoms with Crippen LogP contribution in [-0.4, -0.2) is 48.4 Å². The van der Waals surface area contributed by atoms with Crippen LogP contribution in [0.25, 0.3) is 0 Å². The first kappa shape index (κ1) is 19.1. The van der Waals surface area contributed by atoms with Gasteiger partial charge in [0.1, 0.15) is 11.9 Å². The highest BCUT2D eigenvalue weighted by Gasteiger charge is 2.33. The number of amides is 3. The van der Waals surface area contributed by atoms with Crippen molar-refractivity contribution in [3.8, 4) is 5.75 Å². The summed E-state index contributed by atoms with van der Waals surface area (Å²) in [7, 11) is 0. The van der Waals surface area contributed by atoms with Crippen molar-refractivity contribution in [3.05, 3.63) is 29.3 Å². The minimum absolute atomic E-state index is 0.0542. The molecular weight excluding hydrogens is 346 g/mol. The van der Waals surface area contributed by atoms with E-state index in [9.17, 15) is 14.4 Å². The van der Waals surface area contributed by atoms with E-state index >= 15 is 0 Å². The Morgan fingerprint density at radius 2 is 2.00 bits per heavy atom. The second-order valence-corrected chi connectivity index (χ2v) is 6.52. The van der Waals surface area contributed by atoms with Gasteiger partial charge in [0.25, 0.3) is 0 Å². The van der Waals surface area contributed by atoms with Gasteiger partial charge in [0.2, 0.25) is 17.7 Å². The van der Waals surface area contributed by atoms with Gasteiger partial charge in [-0.05, 0) is 24.3 Å². The molecule has 1 aliphatic heterocycles. The lowest BCUT2D eigenvalue weighted by atomic mass is 9.91. The van der Waals surface area contributed by atoms with Crippen LogP contribution in [0, 0.1) is 5.92 Å². The molecule has 0 aromatic heterocycles. The third-order valence-electron chi connectivity index (χ3n) is 4.07. The third kappa shape index (κ3) is 5.94. The topological polar surface area (TPSA) is 102 Å². The fourth-order valence-corrected chi connectivity index (χ4v) is 2.97. The summed E-state index contributed by atoms with van der Waals surface area (Å²) in [6.07, 6.45) is 0.479. The summed E-state index contributed by atoms with van der Waals surface area (Å²) in [4.78, 5) is 36.1. The van der Waals surface area contributed by atoms with Crippen LogP contribution in [0.4, 0.5) is 0 Å². The minimum Gasteiger partial charge on any atom is -0.490 e. The molecule has 25 heavy (non-hydrogen) atoms. The van der Waals surface area contributed by atoms with E-state index < -0.39 is 5.91 Å². The maximum Gasteiger partial charge on any atom is 0.241 e. The standard InChI is InChI=1S/C17H22ClN3O4/c1-11(22)20-9-17(24)21-7-6-15(12(10-21)8-16(19)23)25-14-4-2-13(18)3-5-14/h2-5,12,15H,6-10H2,1H3,(H2,19,23)(H,20,22)/t12-,15-/m0/s1. The fraction of sp³-hybridized carbons (Fsp3) is 0.471. The molecule has 0 radical (unpaired) electrons. The first-order valence-corrected chi connectivity index (χ1v) is 8.45. The number of likely N-dealkylation sites (tertiary alicyclic amines) is 1. The minimum atomic E-state index is -0.439. The van der Waals surface area contributed by atoms with Gasteiger partial charge in [0.15, 0.2) is 0 Å². The normalized spacial score (nSPS) is 20.0. The second-order valence-electron chi connectivity index (χ2n) is 6.08. The van der Waals surface area contributed by atoms with Crippen molar-refractivity contribution >= 4 is 29.3 Å². The van der Waals surface area contributed by atoms with Gasteiger partial charge >= 0.3 is 0 Å². The molecule has 0 unspecified atom stereocenters. The maximum absolute atomic E-state index is 12.2. The highest BCUT2D eigenvalue weighted by Crippen LogP contribution is 2.26. The van der Waals surface area contributed by atoms with Crippen molar-refractivity contribution in [1.29, 1.82) is 0 Å². The van der Waals surface area contributed by atoms with Gasteiger partial charge in [-0.3, -0.25) is 14.4 Å². The summed E-state index contributed by atoms with van der Waals surface area (Å²) in [6.45, 7) is 2.16. The highest BCUT2D eigenvalue weighted by atomic mass is 35.5. The first-order valence-electron chi connectivity index (χ1n) is 8.08. The molecule has 1 heterocycles. The van der Waals surface area contributed by atoms with Crippen LogP contribution < -0.4 is 15.8 Å². The van der Waals surface area contributed by atoms with Crippen molar-refractivity contribution in [2.24, 2.45) is 11.7 Å². The molecule has 7 nitrogen and oxygen atoms in total. The molecule has 1 aliphatic rings. The van der Waals surface area contributed by atoms with E-state index in [4.69, 9.17) is 22.1 Å². The van der Waals surface area contributed by atoms with Gasteiger partial charge in [-0.15, -0.1) is 0 Å². The average Bonchev–Trinajstić information content (AvgIpc) is 2.55. The molecule has 3 amide bonds. The monoisotopic (exact) mass is 367 g/mol. The molecule has 0 saturated carbocycles. The zero-order valence-electron chi connectivity index (χ0n) is 14.0. The average molecular weight is 368 g/mol. The lowest BCUT2D eigenvalue weighted by molar-refractivity contribution is -0.136. The molecule has 136 valence electrons. The van der Waals surface area contributed by atoms with Gasteiger partial charge in [0.05, 0.1) is 6.54 Å². The number of nitrogens with zero attached hydrogens (tertiary/aromatic N) is 1. The fourth-order valence-electron chi connectivity index (χ4n) is 2.85. The lowest BCUT2D eigenvalue weighted by Crippen LogP contribution is -2.51. The molecule has 1 aromatic rings. The van der Waals surface area contributed by atoms with E-state index in [1.807, 2.05) is 0 Å². The van der Waals surface area contributed by atoms with Crippen LogP contribution >= 0.6 is 11.6 Å². The van der Waals surface area contributed by atoms with Crippen molar-refractivity contribution in [1.82, 2.24) is 10.2 Å². The van der Waals surface area contributed by atoms with E-state index in [-0.39, 0.29) is 36.8 Å². The van der Waals surface area contributed by atoms with E-state index in [0.29, 0.717) is 30.3 Å². The number of carbonyl (C=O) groups excluding carboxylic acids is 3. The predicted octanol–water partition coefficient (Wildman–Crippen LogP) is 0.947. The first-order chi connectivity index (χ1) is 11.8. The predicted molar refractivity (Wildman–Crippen MR) is 93.1 cm³/mol. The Kier molecular flexibility index (Phi) is 6.64. The SMILES string of the molecule is CC(=O)NCC(=O)N1CC[C@H](Oc2ccc(Cl)cc2)[C@@H](CC(N)=O)C1. The Hall–Kier alpha value is -2.28. The van der Waals surface area contributed by atoms with Crippen LogP contribution in [0.3, 0.4) is 0 Å². The molecule has 1 saturated heterocycles. The molecule has 1 fully saturated rings. The summed E-state index contributed by atoms with van der Waals surface area (Å²) in [5.74, 6) is -0.437. The number of nitrogens with one attached hydrogen (secondary N) is 1. The number of primary amides is 1. The van der Waals surface area contributed by atoms with E-state index in [0.717, 1.165) is 0 Å². The third-order valence-corrected chi connectivity index (χ3v) is 4.32. The number of ether oxygens (including phenoxy) is 1. The van der Waals surface area contributed by atoms with Gasteiger partial charge in [0, 0.05) is 43.8 Å². The van der Waals surface area contributed by atoms with Crippen molar-refractivity contribution in [2.45, 2.75) is 25.9 Å². The van der Waals surface area contributed by atoms with Crippen LogP contribution in [0.2, 0.25) is 5.02 Å². The van der Waals surface area contributed by atoms with Crippen molar-refractivity contribution in [3.63, 3.8) is 0 Å². The molecule has 1 aromatic carbocycles. The van der Waals surface area contributed by atoms with Crippen LogP contribution in [0.15, 0.2) is 24.3 Å². The number of piperidine rings is 1. The number of halogens is 1. The molecule has 8 heteroatoms. The summed E-state index contributed by atoms with van der Waals surface area (Å²) < 4.78 is 5.98. The van der Waals surface area contributed by atoms with Gasteiger partial charge < -0.3 is 20.7 Å². The Labute approximate surface area is 151 Å². The molecule has 2 rings (SSSR count). The van der Waals surface area contributed by atoms with Crippen molar-refractivity contribution < 1.29 is 19.1 Å². The molecular formula is C17H22ClN3O4. The molecule has 0 bridgehead atoms. The van der Waals surface area contributed by atoms with Crippen molar-refractivity contribution in [2.75, 3.05) is 19.6 Å². The quantitative estimate of drug-likeness (QED) is 0.781. The Morgan fingerprint density at radius 1 is 1.32 bits per heavy atom. The Balaban J connectivity index is 2.01. The van der Waals surface area contributed by atoms with Crippen LogP contribution in [0.1, 0.15) is 19.8 Å². The van der Waals surface area contributed by atoms with E-state index in [1.165, 1.54) is 6.92 Å². The molecule has 2 atom stereocenters. The maximum atomic E-state index is 12.2. The lowest BCUT2D eigenvalue weighted by Gasteiger charge is -2.38. The Morgan fingerprint density at radius 3 is 2.60 bits per heavy atom. The largest absolute Gasteiger partial charge is 0.490 e. The van der Waals surface area contributed by atoms with E-state index in [1.54, 1.807) is 29.2 Å². The summed E-state index contributed by atoms with van der Waals surface area (Å²) in [5, 5.41) is 3.10. The van der Waals surface area contributed by atoms with Gasteiger partial charge in [-0.2, -0.15) is 0 Å². The second kappa shape index (κ2) is 8.71. The zero-order valence-corrected chi connectivity index (χ0v) is 14.8. The Bertz CT molecular complexity index is 635. The number of nitrogens with two attached hydrogens (primary N) is 1. The number of hydrogen-bond acceptors (Lipinski definition) is 4. The molecule has 3 N–H and O–H groups in total. The molecule has 0 spiro atoms.